The number of hydrogen-bond donors (Lipinski definition) is 0. The highest BCUT2D eigenvalue weighted by atomic mass is 28.3. The summed E-state index contributed by atoms with van der Waals surface area (Å²) in [6.07, 6.45) is 0. The van der Waals surface area contributed by atoms with Gasteiger partial charge in [-0.25, -0.2) is 13.6 Å². The lowest BCUT2D eigenvalue weighted by atomic mass is 10.2. The Morgan fingerprint density at radius 1 is 1.30 bits per heavy atom. The van der Waals surface area contributed by atoms with Crippen molar-refractivity contribution in [1.82, 2.24) is 0 Å². The fraction of sp³-hybridized carbons (Fsp3) is 0.357. The third-order valence-corrected chi connectivity index (χ3v) is 3.03. The minimum Gasteiger partial charge on any atom is -0.480 e. The topological polar surface area (TPSA) is 35.5 Å². The number of hydrogen-bond acceptors (Lipinski definition) is 3. The molecule has 0 aromatic heterocycles. The van der Waals surface area contributed by atoms with Gasteiger partial charge < -0.3 is 9.47 Å². The lowest BCUT2D eigenvalue weighted by Gasteiger charge is -2.09. The van der Waals surface area contributed by atoms with Crippen LogP contribution in [-0.4, -0.2) is 27.8 Å². The number of benzene rings is 1. The molecule has 1 aromatic carbocycles. The lowest BCUT2D eigenvalue weighted by molar-refractivity contribution is -0.142. The highest BCUT2D eigenvalue weighted by Crippen LogP contribution is 2.23. The second-order valence-electron chi connectivity index (χ2n) is 5.13. The van der Waals surface area contributed by atoms with E-state index in [2.05, 4.69) is 16.2 Å². The predicted octanol–water partition coefficient (Wildman–Crippen LogP) is 2.75. The first-order chi connectivity index (χ1) is 9.23. The Hall–Kier alpha value is -1.87. The average Bonchev–Trinajstić information content (AvgIpc) is 2.33. The van der Waals surface area contributed by atoms with E-state index in [-0.39, 0.29) is 11.3 Å². The minimum absolute atomic E-state index is 0.0438. The smallest absolute Gasteiger partial charge is 0.343 e. The van der Waals surface area contributed by atoms with Gasteiger partial charge in [-0.05, 0) is 0 Å². The van der Waals surface area contributed by atoms with Gasteiger partial charge in [0.25, 0.3) is 0 Å². The Kier molecular flexibility index (Phi) is 5.28. The molecule has 0 saturated carbocycles. The highest BCUT2D eigenvalue weighted by molar-refractivity contribution is 6.83. The Morgan fingerprint density at radius 2 is 1.95 bits per heavy atom. The molecule has 1 aromatic rings. The molecule has 1 rings (SSSR count). The number of rotatable bonds is 3. The normalized spacial score (nSPS) is 10.5. The quantitative estimate of drug-likeness (QED) is 0.489. The Morgan fingerprint density at radius 3 is 2.50 bits per heavy atom. The van der Waals surface area contributed by atoms with E-state index in [9.17, 15) is 13.6 Å². The molecule has 108 valence electrons. The van der Waals surface area contributed by atoms with Crippen LogP contribution in [0.2, 0.25) is 19.6 Å². The third kappa shape index (κ3) is 5.01. The molecule has 0 aliphatic carbocycles. The molecule has 0 atom stereocenters. The van der Waals surface area contributed by atoms with Crippen molar-refractivity contribution in [2.75, 3.05) is 13.7 Å². The van der Waals surface area contributed by atoms with E-state index in [0.29, 0.717) is 0 Å². The molecular formula is C14H16F2O3Si. The summed E-state index contributed by atoms with van der Waals surface area (Å²) in [4.78, 5) is 11.0. The van der Waals surface area contributed by atoms with E-state index in [4.69, 9.17) is 4.74 Å². The largest absolute Gasteiger partial charge is 0.480 e. The van der Waals surface area contributed by atoms with Gasteiger partial charge in [0.1, 0.15) is 31.0 Å². The number of carbonyl (C=O) groups excluding carboxylic acids is 1. The van der Waals surface area contributed by atoms with Crippen molar-refractivity contribution in [3.63, 3.8) is 0 Å². The van der Waals surface area contributed by atoms with Gasteiger partial charge in [0, 0.05) is 12.1 Å². The summed E-state index contributed by atoms with van der Waals surface area (Å²) in [5, 5.41) is 0. The fourth-order valence-electron chi connectivity index (χ4n) is 1.23. The maximum atomic E-state index is 13.8. The van der Waals surface area contributed by atoms with E-state index in [1.165, 1.54) is 7.11 Å². The van der Waals surface area contributed by atoms with Gasteiger partial charge in [0.2, 0.25) is 0 Å². The molecule has 3 nitrogen and oxygen atoms in total. The van der Waals surface area contributed by atoms with E-state index < -0.39 is 32.3 Å². The summed E-state index contributed by atoms with van der Waals surface area (Å²) in [6.45, 7) is 5.56. The standard InChI is InChI=1S/C14H16F2O3Si/c1-18-14(17)9-19-13-8-10(15)7-12(16)11(13)5-6-20(2,3)4/h7-8H,9H2,1-4H3. The molecule has 0 radical (unpaired) electrons. The van der Waals surface area contributed by atoms with Gasteiger partial charge in [-0.15, -0.1) is 5.54 Å². The van der Waals surface area contributed by atoms with Crippen LogP contribution in [0, 0.1) is 23.1 Å². The number of methoxy groups -OCH3 is 1. The summed E-state index contributed by atoms with van der Waals surface area (Å²) in [5.74, 6) is 0.344. The van der Waals surface area contributed by atoms with Crippen LogP contribution in [0.1, 0.15) is 5.56 Å². The first kappa shape index (κ1) is 16.2. The number of carbonyl (C=O) groups is 1. The monoisotopic (exact) mass is 298 g/mol. The van der Waals surface area contributed by atoms with E-state index in [1.807, 2.05) is 19.6 Å². The second-order valence-corrected chi connectivity index (χ2v) is 9.88. The molecule has 0 saturated heterocycles. The van der Waals surface area contributed by atoms with Crippen molar-refractivity contribution in [2.24, 2.45) is 0 Å². The van der Waals surface area contributed by atoms with Crippen molar-refractivity contribution in [3.05, 3.63) is 29.3 Å². The van der Waals surface area contributed by atoms with Gasteiger partial charge in [-0.3, -0.25) is 0 Å². The van der Waals surface area contributed by atoms with Crippen molar-refractivity contribution in [2.45, 2.75) is 19.6 Å². The Balaban J connectivity index is 3.13. The summed E-state index contributed by atoms with van der Waals surface area (Å²) < 4.78 is 36.5. The predicted molar refractivity (Wildman–Crippen MR) is 74.1 cm³/mol. The zero-order valence-corrected chi connectivity index (χ0v) is 12.8. The van der Waals surface area contributed by atoms with E-state index >= 15 is 0 Å². The van der Waals surface area contributed by atoms with Crippen LogP contribution < -0.4 is 4.74 Å². The summed E-state index contributed by atoms with van der Waals surface area (Å²) >= 11 is 0. The van der Waals surface area contributed by atoms with Gasteiger partial charge in [-0.2, -0.15) is 0 Å². The van der Waals surface area contributed by atoms with Crippen LogP contribution in [-0.2, 0) is 9.53 Å². The first-order valence-electron chi connectivity index (χ1n) is 5.95. The first-order valence-corrected chi connectivity index (χ1v) is 9.45. The molecule has 0 amide bonds. The SMILES string of the molecule is COC(=O)COc1cc(F)cc(F)c1C#C[Si](C)(C)C. The van der Waals surface area contributed by atoms with Crippen molar-refractivity contribution in [1.29, 1.82) is 0 Å². The molecule has 0 aliphatic rings. The van der Waals surface area contributed by atoms with Crippen LogP contribution in [0.25, 0.3) is 0 Å². The number of ether oxygens (including phenoxy) is 2. The van der Waals surface area contributed by atoms with E-state index in [1.54, 1.807) is 0 Å². The lowest BCUT2D eigenvalue weighted by Crippen LogP contribution is -2.17. The molecule has 0 N–H and O–H groups in total. The van der Waals surface area contributed by atoms with Crippen LogP contribution in [0.3, 0.4) is 0 Å². The Bertz CT molecular complexity index is 568. The van der Waals surface area contributed by atoms with Gasteiger partial charge in [-0.1, -0.05) is 25.6 Å². The molecule has 0 heterocycles. The summed E-state index contributed by atoms with van der Waals surface area (Å²) in [6, 6.07) is 1.74. The molecule has 0 aliphatic heterocycles. The van der Waals surface area contributed by atoms with Crippen LogP contribution in [0.5, 0.6) is 5.75 Å². The molecule has 0 unspecified atom stereocenters. The number of esters is 1. The van der Waals surface area contributed by atoms with Crippen LogP contribution >= 0.6 is 0 Å². The minimum atomic E-state index is -1.72. The summed E-state index contributed by atoms with van der Waals surface area (Å²) in [7, 11) is -0.522. The van der Waals surface area contributed by atoms with Crippen LogP contribution in [0.4, 0.5) is 8.78 Å². The highest BCUT2D eigenvalue weighted by Gasteiger charge is 2.14. The molecule has 0 spiro atoms. The van der Waals surface area contributed by atoms with E-state index in [0.717, 1.165) is 12.1 Å². The number of halogens is 2. The van der Waals surface area contributed by atoms with Crippen molar-refractivity contribution in [3.8, 4) is 17.2 Å². The molecule has 6 heteroatoms. The fourth-order valence-corrected chi connectivity index (χ4v) is 1.73. The van der Waals surface area contributed by atoms with Gasteiger partial charge >= 0.3 is 5.97 Å². The van der Waals surface area contributed by atoms with Crippen molar-refractivity contribution >= 4 is 14.0 Å². The molecule has 0 bridgehead atoms. The van der Waals surface area contributed by atoms with Crippen LogP contribution in [0.15, 0.2) is 12.1 Å². The molecule has 20 heavy (non-hydrogen) atoms. The zero-order valence-electron chi connectivity index (χ0n) is 11.8. The van der Waals surface area contributed by atoms with Gasteiger partial charge in [0.05, 0.1) is 7.11 Å². The summed E-state index contributed by atoms with van der Waals surface area (Å²) in [5.41, 5.74) is 2.93. The zero-order chi connectivity index (χ0) is 15.3. The maximum Gasteiger partial charge on any atom is 0.343 e. The van der Waals surface area contributed by atoms with Crippen molar-refractivity contribution < 1.29 is 23.0 Å². The molecular weight excluding hydrogens is 282 g/mol. The molecule has 0 fully saturated rings. The Labute approximate surface area is 117 Å². The maximum absolute atomic E-state index is 13.8. The second kappa shape index (κ2) is 6.53. The van der Waals surface area contributed by atoms with Gasteiger partial charge in [0.15, 0.2) is 6.61 Å². The average molecular weight is 298 g/mol. The third-order valence-electron chi connectivity index (χ3n) is 2.15.